The Morgan fingerprint density at radius 2 is 1.95 bits per heavy atom. The van der Waals surface area contributed by atoms with E-state index in [0.717, 1.165) is 30.3 Å². The fraction of sp³-hybridized carbons (Fsp3) is 0.214. The third-order valence-corrected chi connectivity index (χ3v) is 2.70. The van der Waals surface area contributed by atoms with E-state index >= 15 is 0 Å². The Kier molecular flexibility index (Phi) is 4.94. The summed E-state index contributed by atoms with van der Waals surface area (Å²) in [4.78, 5) is 21.6. The molecule has 1 atom stereocenters. The maximum absolute atomic E-state index is 13.1. The third-order valence-electron chi connectivity index (χ3n) is 2.70. The Balaban J connectivity index is 3.09. The highest BCUT2D eigenvalue weighted by Crippen LogP contribution is 2.37. The van der Waals surface area contributed by atoms with Crippen LogP contribution in [0.1, 0.15) is 16.8 Å². The smallest absolute Gasteiger partial charge is 0.432 e. The van der Waals surface area contributed by atoms with Crippen molar-refractivity contribution in [3.63, 3.8) is 0 Å². The number of nitrogens with zero attached hydrogens (tertiary/aromatic N) is 1. The molecular formula is C14H10F3NO4. The average molecular weight is 313 g/mol. The molecule has 0 aliphatic heterocycles. The Bertz CT molecular complexity index is 631. The first-order valence-corrected chi connectivity index (χ1v) is 5.80. The number of benzene rings is 1. The summed E-state index contributed by atoms with van der Waals surface area (Å²) in [5.41, 5.74) is -3.74. The quantitative estimate of drug-likeness (QED) is 0.275. The van der Waals surface area contributed by atoms with Crippen molar-refractivity contribution < 1.29 is 27.6 Å². The lowest BCUT2D eigenvalue weighted by Crippen LogP contribution is -2.47. The predicted octanol–water partition coefficient (Wildman–Crippen LogP) is 3.26. The van der Waals surface area contributed by atoms with Crippen molar-refractivity contribution in [3.8, 4) is 12.3 Å². The highest BCUT2D eigenvalue weighted by atomic mass is 19.4. The van der Waals surface area contributed by atoms with Gasteiger partial charge in [-0.25, -0.2) is 4.79 Å². The summed E-state index contributed by atoms with van der Waals surface area (Å²) in [6.45, 7) is 3.16. The molecule has 0 spiro atoms. The van der Waals surface area contributed by atoms with Crippen molar-refractivity contribution in [1.82, 2.24) is 0 Å². The molecule has 116 valence electrons. The highest BCUT2D eigenvalue weighted by molar-refractivity contribution is 5.90. The van der Waals surface area contributed by atoms with Gasteiger partial charge in [0.25, 0.3) is 11.3 Å². The molecule has 0 amide bonds. The molecule has 22 heavy (non-hydrogen) atoms. The number of alkyl halides is 3. The Morgan fingerprint density at radius 1 is 1.41 bits per heavy atom. The van der Waals surface area contributed by atoms with Crippen molar-refractivity contribution in [2.24, 2.45) is 0 Å². The molecule has 1 aromatic carbocycles. The fourth-order valence-corrected chi connectivity index (χ4v) is 1.53. The van der Waals surface area contributed by atoms with Crippen molar-refractivity contribution in [1.29, 1.82) is 0 Å². The average Bonchev–Trinajstić information content (AvgIpc) is 2.45. The molecule has 0 saturated carbocycles. The van der Waals surface area contributed by atoms with Crippen LogP contribution in [0.4, 0.5) is 18.9 Å². The zero-order valence-corrected chi connectivity index (χ0v) is 11.1. The maximum atomic E-state index is 13.1. The molecule has 0 aliphatic rings. The molecule has 1 aromatic rings. The normalized spacial score (nSPS) is 13.5. The minimum absolute atomic E-state index is 0.293. The number of ether oxygens (including phenoxy) is 1. The van der Waals surface area contributed by atoms with Gasteiger partial charge < -0.3 is 4.74 Å². The van der Waals surface area contributed by atoms with Crippen LogP contribution < -0.4 is 0 Å². The van der Waals surface area contributed by atoms with Gasteiger partial charge in [0.2, 0.25) is 0 Å². The van der Waals surface area contributed by atoms with Crippen LogP contribution in [0.25, 0.3) is 0 Å². The molecule has 5 nitrogen and oxygen atoms in total. The first-order chi connectivity index (χ1) is 10.2. The Morgan fingerprint density at radius 3 is 2.32 bits per heavy atom. The van der Waals surface area contributed by atoms with Gasteiger partial charge >= 0.3 is 12.1 Å². The number of non-ortho nitro benzene ring substituents is 1. The standard InChI is InChI=1S/C14H10F3NO4/c1-3-9-13(4-2,14(15,16)17)22-12(19)10-5-7-11(8-6-10)18(20)21/h2-3,5-8H,1,9H2. The first-order valence-electron chi connectivity index (χ1n) is 5.80. The number of nitro benzene ring substituents is 1. The highest BCUT2D eigenvalue weighted by Gasteiger charge is 2.56. The van der Waals surface area contributed by atoms with Crippen molar-refractivity contribution in [2.75, 3.05) is 0 Å². The van der Waals surface area contributed by atoms with Gasteiger partial charge in [0.15, 0.2) is 0 Å². The zero-order chi connectivity index (χ0) is 17.0. The van der Waals surface area contributed by atoms with Crippen molar-refractivity contribution in [2.45, 2.75) is 18.2 Å². The molecule has 0 saturated heterocycles. The van der Waals surface area contributed by atoms with E-state index in [1.165, 1.54) is 5.92 Å². The van der Waals surface area contributed by atoms with E-state index in [2.05, 4.69) is 11.3 Å². The van der Waals surface area contributed by atoms with E-state index in [1.807, 2.05) is 0 Å². The Hall–Kier alpha value is -2.82. The summed E-state index contributed by atoms with van der Waals surface area (Å²) in [6, 6.07) is 3.89. The molecule has 0 aromatic heterocycles. The van der Waals surface area contributed by atoms with Crippen LogP contribution >= 0.6 is 0 Å². The number of rotatable bonds is 5. The lowest BCUT2D eigenvalue weighted by atomic mass is 9.99. The van der Waals surface area contributed by atoms with Crippen LogP contribution in [0.2, 0.25) is 0 Å². The van der Waals surface area contributed by atoms with Gasteiger partial charge in [0, 0.05) is 18.6 Å². The van der Waals surface area contributed by atoms with E-state index in [-0.39, 0.29) is 11.3 Å². The maximum Gasteiger partial charge on any atom is 0.440 e. The van der Waals surface area contributed by atoms with Crippen LogP contribution in [0, 0.1) is 22.5 Å². The number of nitro groups is 1. The molecule has 0 fully saturated rings. The summed E-state index contributed by atoms with van der Waals surface area (Å²) in [5, 5.41) is 10.5. The summed E-state index contributed by atoms with van der Waals surface area (Å²) in [6.07, 6.45) is -0.0362. The molecule has 0 aliphatic carbocycles. The van der Waals surface area contributed by atoms with Gasteiger partial charge in [-0.3, -0.25) is 10.1 Å². The minimum Gasteiger partial charge on any atom is -0.432 e. The molecule has 1 unspecified atom stereocenters. The number of carbonyl (C=O) groups excluding carboxylic acids is 1. The number of hydrogen-bond acceptors (Lipinski definition) is 4. The van der Waals surface area contributed by atoms with Gasteiger partial charge in [0.05, 0.1) is 10.5 Å². The summed E-state index contributed by atoms with van der Waals surface area (Å²) in [5.74, 6) is 0.0985. The molecule has 0 heterocycles. The van der Waals surface area contributed by atoms with Gasteiger partial charge in [-0.2, -0.15) is 13.2 Å². The van der Waals surface area contributed by atoms with Crippen LogP contribution in [0.15, 0.2) is 36.9 Å². The van der Waals surface area contributed by atoms with Gasteiger partial charge in [-0.1, -0.05) is 6.08 Å². The van der Waals surface area contributed by atoms with Gasteiger partial charge in [-0.05, 0) is 18.1 Å². The second-order valence-electron chi connectivity index (χ2n) is 4.16. The number of esters is 1. The minimum atomic E-state index is -4.99. The molecule has 0 N–H and O–H groups in total. The van der Waals surface area contributed by atoms with Crippen LogP contribution in [0.5, 0.6) is 0 Å². The number of hydrogen-bond donors (Lipinski definition) is 0. The molecule has 1 rings (SSSR count). The van der Waals surface area contributed by atoms with Crippen LogP contribution in [0.3, 0.4) is 0 Å². The molecular weight excluding hydrogens is 303 g/mol. The lowest BCUT2D eigenvalue weighted by Gasteiger charge is -2.29. The predicted molar refractivity (Wildman–Crippen MR) is 70.9 cm³/mol. The SMILES string of the molecule is C#CC(CC=C)(OC(=O)c1ccc([N+](=O)[O-])cc1)C(F)(F)F. The zero-order valence-electron chi connectivity index (χ0n) is 11.1. The lowest BCUT2D eigenvalue weighted by molar-refractivity contribution is -0.384. The second kappa shape index (κ2) is 6.30. The van der Waals surface area contributed by atoms with Crippen LogP contribution in [-0.4, -0.2) is 22.7 Å². The summed E-state index contributed by atoms with van der Waals surface area (Å²) in [7, 11) is 0. The van der Waals surface area contributed by atoms with Gasteiger partial charge in [0.1, 0.15) is 0 Å². The monoisotopic (exact) mass is 313 g/mol. The van der Waals surface area contributed by atoms with E-state index in [4.69, 9.17) is 6.42 Å². The van der Waals surface area contributed by atoms with E-state index in [9.17, 15) is 28.1 Å². The second-order valence-corrected chi connectivity index (χ2v) is 4.16. The van der Waals surface area contributed by atoms with Crippen molar-refractivity contribution >= 4 is 11.7 Å². The van der Waals surface area contributed by atoms with E-state index < -0.39 is 29.1 Å². The summed E-state index contributed by atoms with van der Waals surface area (Å²) >= 11 is 0. The fourth-order valence-electron chi connectivity index (χ4n) is 1.53. The molecule has 0 radical (unpaired) electrons. The number of halogens is 3. The summed E-state index contributed by atoms with van der Waals surface area (Å²) < 4.78 is 43.6. The molecule has 8 heteroatoms. The van der Waals surface area contributed by atoms with E-state index in [0.29, 0.717) is 0 Å². The van der Waals surface area contributed by atoms with Crippen LogP contribution in [-0.2, 0) is 4.74 Å². The molecule has 0 bridgehead atoms. The third kappa shape index (κ3) is 3.44. The van der Waals surface area contributed by atoms with E-state index in [1.54, 1.807) is 0 Å². The Labute approximate surface area is 123 Å². The first kappa shape index (κ1) is 17.2. The number of carbonyl (C=O) groups is 1. The topological polar surface area (TPSA) is 69.4 Å². The van der Waals surface area contributed by atoms with Crippen molar-refractivity contribution in [3.05, 3.63) is 52.6 Å². The van der Waals surface area contributed by atoms with Gasteiger partial charge in [-0.15, -0.1) is 13.0 Å². The largest absolute Gasteiger partial charge is 0.440 e. The number of terminal acetylenes is 1.